The average molecular weight is 277 g/mol. The van der Waals surface area contributed by atoms with Gasteiger partial charge in [-0.3, -0.25) is 4.98 Å². The molecule has 1 saturated heterocycles. The molecule has 0 aliphatic carbocycles. The minimum Gasteiger partial charge on any atom is -0.398 e. The number of aromatic nitrogens is 4. The van der Waals surface area contributed by atoms with Crippen molar-refractivity contribution >= 4 is 12.7 Å². The molecule has 0 spiro atoms. The van der Waals surface area contributed by atoms with Gasteiger partial charge in [-0.15, -0.1) is 5.10 Å². The Labute approximate surface area is 125 Å². The lowest BCUT2D eigenvalue weighted by Crippen LogP contribution is -2.41. The summed E-state index contributed by atoms with van der Waals surface area (Å²) in [7, 11) is -0.914. The quantitative estimate of drug-likeness (QED) is 0.765. The largest absolute Gasteiger partial charge is 0.518 e. The van der Waals surface area contributed by atoms with Gasteiger partial charge in [-0.1, -0.05) is 5.21 Å². The van der Waals surface area contributed by atoms with E-state index in [1.807, 2.05) is 27.7 Å². The zero-order valence-electron chi connectivity index (χ0n) is 16.7. The Kier molecular flexibility index (Phi) is 1.88. The molecule has 1 aliphatic heterocycles. The van der Waals surface area contributed by atoms with E-state index >= 15 is 0 Å². The van der Waals surface area contributed by atoms with Crippen LogP contribution in [0.2, 0.25) is 0 Å². The van der Waals surface area contributed by atoms with Gasteiger partial charge in [0.1, 0.15) is 5.59 Å². The standard InChI is InChI=1S/C13H17BN4O2/c1-12(2)13(3,4)20-14(19-12)11-9-18(17-16-11)10-5-7-15-8-6-10/h5-9H,1-4H3/i5D,6D,7D,8D,9D. The van der Waals surface area contributed by atoms with E-state index in [1.165, 1.54) is 0 Å². The van der Waals surface area contributed by atoms with Crippen molar-refractivity contribution < 1.29 is 16.2 Å². The van der Waals surface area contributed by atoms with Gasteiger partial charge in [0, 0.05) is 12.3 Å². The maximum atomic E-state index is 8.29. The zero-order chi connectivity index (χ0) is 18.7. The van der Waals surface area contributed by atoms with E-state index in [-0.39, 0.29) is 17.5 Å². The first-order valence-electron chi connectivity index (χ1n) is 8.69. The first-order valence-corrected chi connectivity index (χ1v) is 6.19. The normalized spacial score (nSPS) is 23.8. The molecule has 1 aliphatic rings. The fourth-order valence-corrected chi connectivity index (χ4v) is 1.73. The van der Waals surface area contributed by atoms with Crippen LogP contribution in [0.1, 0.15) is 34.5 Å². The maximum absolute atomic E-state index is 8.29. The molecule has 104 valence electrons. The Balaban J connectivity index is 2.08. The summed E-state index contributed by atoms with van der Waals surface area (Å²) in [4.78, 5) is 3.50. The highest BCUT2D eigenvalue weighted by atomic mass is 16.7. The summed E-state index contributed by atoms with van der Waals surface area (Å²) in [6.07, 6.45) is -1.17. The van der Waals surface area contributed by atoms with E-state index in [4.69, 9.17) is 16.2 Å². The monoisotopic (exact) mass is 277 g/mol. The smallest absolute Gasteiger partial charge is 0.398 e. The second kappa shape index (κ2) is 4.39. The molecule has 0 atom stereocenters. The van der Waals surface area contributed by atoms with Crippen LogP contribution in [-0.4, -0.2) is 38.3 Å². The topological polar surface area (TPSA) is 62.1 Å². The van der Waals surface area contributed by atoms with E-state index in [2.05, 4.69) is 15.3 Å². The van der Waals surface area contributed by atoms with Gasteiger partial charge >= 0.3 is 7.12 Å². The minimum absolute atomic E-state index is 0.104. The van der Waals surface area contributed by atoms with Gasteiger partial charge < -0.3 is 9.31 Å². The van der Waals surface area contributed by atoms with Crippen molar-refractivity contribution in [1.29, 1.82) is 0 Å². The van der Waals surface area contributed by atoms with Crippen molar-refractivity contribution in [3.05, 3.63) is 30.6 Å². The van der Waals surface area contributed by atoms with Crippen LogP contribution in [0, 0.1) is 0 Å². The number of hydrogen-bond donors (Lipinski definition) is 0. The van der Waals surface area contributed by atoms with Gasteiger partial charge in [0.25, 0.3) is 0 Å². The van der Waals surface area contributed by atoms with Crippen LogP contribution in [0.5, 0.6) is 0 Å². The predicted octanol–water partition coefficient (Wildman–Crippen LogP) is 0.961. The highest BCUT2D eigenvalue weighted by Crippen LogP contribution is 2.36. The molecule has 20 heavy (non-hydrogen) atoms. The second-order valence-corrected chi connectivity index (χ2v) is 5.52. The van der Waals surface area contributed by atoms with Crippen molar-refractivity contribution in [3.63, 3.8) is 0 Å². The Morgan fingerprint density at radius 3 is 2.35 bits per heavy atom. The minimum atomic E-state index is -0.914. The molecule has 0 unspecified atom stereocenters. The Morgan fingerprint density at radius 2 is 1.75 bits per heavy atom. The Bertz CT molecular complexity index is 815. The molecule has 3 rings (SSSR count). The van der Waals surface area contributed by atoms with Gasteiger partial charge in [0.15, 0.2) is 0 Å². The third-order valence-corrected chi connectivity index (χ3v) is 3.61. The van der Waals surface area contributed by atoms with Gasteiger partial charge in [0.2, 0.25) is 0 Å². The van der Waals surface area contributed by atoms with Gasteiger partial charge in [0.05, 0.1) is 29.9 Å². The average Bonchev–Trinajstić information content (AvgIpc) is 2.95. The van der Waals surface area contributed by atoms with E-state index in [1.54, 1.807) is 0 Å². The molecule has 3 heterocycles. The molecule has 6 nitrogen and oxygen atoms in total. The van der Waals surface area contributed by atoms with Crippen molar-refractivity contribution in [2.24, 2.45) is 0 Å². The maximum Gasteiger partial charge on any atom is 0.518 e. The highest BCUT2D eigenvalue weighted by Gasteiger charge is 2.52. The van der Waals surface area contributed by atoms with Crippen LogP contribution in [0.25, 0.3) is 5.69 Å². The fraction of sp³-hybridized carbons (Fsp3) is 0.462. The molecule has 1 fully saturated rings. The van der Waals surface area contributed by atoms with Crippen molar-refractivity contribution in [3.8, 4) is 5.69 Å². The van der Waals surface area contributed by atoms with Crippen LogP contribution in [-0.2, 0) is 9.31 Å². The second-order valence-electron chi connectivity index (χ2n) is 5.52. The van der Waals surface area contributed by atoms with Crippen LogP contribution in [0.15, 0.2) is 30.6 Å². The fourth-order valence-electron chi connectivity index (χ4n) is 1.73. The molecular weight excluding hydrogens is 255 g/mol. The first-order chi connectivity index (χ1) is 11.5. The van der Waals surface area contributed by atoms with Crippen molar-refractivity contribution in [1.82, 2.24) is 20.0 Å². The summed E-state index contributed by atoms with van der Waals surface area (Å²) in [5, 5.41) is 7.73. The summed E-state index contributed by atoms with van der Waals surface area (Å²) in [6, 6.07) is -0.806. The van der Waals surface area contributed by atoms with E-state index in [9.17, 15) is 0 Å². The van der Waals surface area contributed by atoms with Crippen LogP contribution >= 0.6 is 0 Å². The van der Waals surface area contributed by atoms with Gasteiger partial charge in [-0.25, -0.2) is 4.68 Å². The lowest BCUT2D eigenvalue weighted by molar-refractivity contribution is 0.00578. The lowest BCUT2D eigenvalue weighted by Gasteiger charge is -2.32. The van der Waals surface area contributed by atoms with Crippen LogP contribution < -0.4 is 5.59 Å². The SMILES string of the molecule is [2H]c1nc([2H])c([2H])c(-n2nnc(B3OC(C)(C)C(C)(C)O3)c2[2H])c1[2H]. The van der Waals surface area contributed by atoms with E-state index in [0.717, 1.165) is 4.68 Å². The molecule has 0 saturated carbocycles. The van der Waals surface area contributed by atoms with Crippen LogP contribution in [0.3, 0.4) is 0 Å². The third-order valence-electron chi connectivity index (χ3n) is 3.61. The number of pyridine rings is 1. The predicted molar refractivity (Wildman–Crippen MR) is 74.9 cm³/mol. The summed E-state index contributed by atoms with van der Waals surface area (Å²) < 4.78 is 52.0. The van der Waals surface area contributed by atoms with Crippen molar-refractivity contribution in [2.45, 2.75) is 38.9 Å². The van der Waals surface area contributed by atoms with E-state index < -0.39 is 42.8 Å². The third kappa shape index (κ3) is 2.12. The van der Waals surface area contributed by atoms with Gasteiger partial charge in [-0.2, -0.15) is 0 Å². The molecule has 0 aromatic carbocycles. The zero-order valence-corrected chi connectivity index (χ0v) is 11.7. The molecule has 2 aromatic rings. The number of nitrogens with zero attached hydrogens (tertiary/aromatic N) is 4. The molecule has 0 amide bonds. The molecule has 2 aromatic heterocycles. The number of hydrogen-bond acceptors (Lipinski definition) is 5. The first kappa shape index (κ1) is 8.54. The molecule has 0 bridgehead atoms. The van der Waals surface area contributed by atoms with Crippen molar-refractivity contribution in [2.75, 3.05) is 0 Å². The molecule has 0 radical (unpaired) electrons. The summed E-state index contributed by atoms with van der Waals surface area (Å²) >= 11 is 0. The Morgan fingerprint density at radius 1 is 1.15 bits per heavy atom. The molecule has 0 N–H and O–H groups in total. The summed E-state index contributed by atoms with van der Waals surface area (Å²) in [5.74, 6) is 0. The number of rotatable bonds is 2. The highest BCUT2D eigenvalue weighted by molar-refractivity contribution is 6.61. The van der Waals surface area contributed by atoms with E-state index in [0.29, 0.717) is 0 Å². The lowest BCUT2D eigenvalue weighted by atomic mass is 9.86. The molecular formula is C13H17BN4O2. The Hall–Kier alpha value is -1.73. The molecule has 7 heteroatoms. The van der Waals surface area contributed by atoms with Crippen LogP contribution in [0.4, 0.5) is 0 Å². The van der Waals surface area contributed by atoms with Gasteiger partial charge in [-0.05, 0) is 39.8 Å². The summed E-state index contributed by atoms with van der Waals surface area (Å²) in [5.41, 5.74) is -1.32. The summed E-state index contributed by atoms with van der Waals surface area (Å²) in [6.45, 7) is 7.47.